The first-order valence-corrected chi connectivity index (χ1v) is 6.11. The quantitative estimate of drug-likeness (QED) is 0.735. The number of aromatic nitrogens is 3. The number of rotatable bonds is 3. The molecule has 6 heteroatoms. The van der Waals surface area contributed by atoms with Crippen LogP contribution in [0, 0.1) is 0 Å². The normalized spacial score (nSPS) is 22.1. The van der Waals surface area contributed by atoms with Gasteiger partial charge in [0.1, 0.15) is 6.33 Å². The molecule has 2 heterocycles. The van der Waals surface area contributed by atoms with Gasteiger partial charge in [0.25, 0.3) is 0 Å². The van der Waals surface area contributed by atoms with E-state index in [1.807, 2.05) is 32.4 Å². The molecular weight excluding hydrogens is 217 g/mol. The number of aryl methyl sites for hydroxylation is 1. The standard InChI is InChI=1S/C11H20BN3O2/c1-6-7-15-9(13-8-14-15)12-16-10(2,3)11(4,5)17-12/h8H,6-7H2,1-5H3. The lowest BCUT2D eigenvalue weighted by atomic mass is 9.89. The molecule has 0 unspecified atom stereocenters. The van der Waals surface area contributed by atoms with Gasteiger partial charge in [-0.2, -0.15) is 5.10 Å². The molecule has 1 aromatic heterocycles. The fourth-order valence-electron chi connectivity index (χ4n) is 1.79. The molecule has 94 valence electrons. The molecule has 0 bridgehead atoms. The lowest BCUT2D eigenvalue weighted by Gasteiger charge is -2.32. The second-order valence-electron chi connectivity index (χ2n) is 5.43. The highest BCUT2D eigenvalue weighted by atomic mass is 16.7. The van der Waals surface area contributed by atoms with E-state index in [4.69, 9.17) is 9.31 Å². The predicted molar refractivity (Wildman–Crippen MR) is 66.0 cm³/mol. The summed E-state index contributed by atoms with van der Waals surface area (Å²) in [7, 11) is -0.422. The summed E-state index contributed by atoms with van der Waals surface area (Å²) < 4.78 is 13.7. The minimum absolute atomic E-state index is 0.333. The SMILES string of the molecule is CCCn1ncnc1B1OC(C)(C)C(C)(C)O1. The van der Waals surface area contributed by atoms with Crippen LogP contribution in [0.15, 0.2) is 6.33 Å². The van der Waals surface area contributed by atoms with E-state index in [2.05, 4.69) is 17.0 Å². The maximum absolute atomic E-state index is 5.95. The van der Waals surface area contributed by atoms with E-state index in [1.54, 1.807) is 6.33 Å². The first-order chi connectivity index (χ1) is 7.87. The van der Waals surface area contributed by atoms with Gasteiger partial charge < -0.3 is 9.31 Å². The molecule has 0 atom stereocenters. The highest BCUT2D eigenvalue weighted by Crippen LogP contribution is 2.36. The Morgan fingerprint density at radius 3 is 2.35 bits per heavy atom. The molecule has 17 heavy (non-hydrogen) atoms. The zero-order valence-corrected chi connectivity index (χ0v) is 11.2. The largest absolute Gasteiger partial charge is 0.534 e. The van der Waals surface area contributed by atoms with E-state index >= 15 is 0 Å². The van der Waals surface area contributed by atoms with Crippen molar-refractivity contribution in [2.45, 2.75) is 58.8 Å². The molecule has 0 spiro atoms. The van der Waals surface area contributed by atoms with Crippen LogP contribution in [0.3, 0.4) is 0 Å². The second kappa shape index (κ2) is 4.10. The van der Waals surface area contributed by atoms with Crippen molar-refractivity contribution in [1.29, 1.82) is 0 Å². The highest BCUT2D eigenvalue weighted by Gasteiger charge is 2.53. The van der Waals surface area contributed by atoms with Crippen LogP contribution in [0.5, 0.6) is 0 Å². The molecule has 0 aromatic carbocycles. The summed E-state index contributed by atoms with van der Waals surface area (Å²) in [6.07, 6.45) is 2.56. The molecule has 2 rings (SSSR count). The molecule has 1 saturated heterocycles. The Kier molecular flexibility index (Phi) is 3.03. The minimum Gasteiger partial charge on any atom is -0.397 e. The summed E-state index contributed by atoms with van der Waals surface area (Å²) in [4.78, 5) is 4.25. The molecule has 1 aromatic rings. The van der Waals surface area contributed by atoms with Crippen LogP contribution in [0.4, 0.5) is 0 Å². The van der Waals surface area contributed by atoms with Crippen LogP contribution in [-0.2, 0) is 15.9 Å². The molecule has 0 radical (unpaired) electrons. The molecule has 0 amide bonds. The van der Waals surface area contributed by atoms with E-state index in [-0.39, 0.29) is 11.2 Å². The third-order valence-corrected chi connectivity index (χ3v) is 3.54. The van der Waals surface area contributed by atoms with Gasteiger partial charge in [-0.1, -0.05) is 6.92 Å². The summed E-state index contributed by atoms with van der Waals surface area (Å²) in [5.74, 6) is 0. The average Bonchev–Trinajstić information content (AvgIpc) is 2.71. The fraction of sp³-hybridized carbons (Fsp3) is 0.818. The lowest BCUT2D eigenvalue weighted by molar-refractivity contribution is 0.00578. The zero-order chi connectivity index (χ0) is 12.7. The molecule has 1 aliphatic rings. The summed E-state index contributed by atoms with van der Waals surface area (Å²) in [5.41, 5.74) is 0.0897. The van der Waals surface area contributed by atoms with Gasteiger partial charge in [0, 0.05) is 6.54 Å². The van der Waals surface area contributed by atoms with Crippen molar-refractivity contribution in [1.82, 2.24) is 14.8 Å². The van der Waals surface area contributed by atoms with Crippen molar-refractivity contribution in [3.05, 3.63) is 6.33 Å². The minimum atomic E-state index is -0.422. The van der Waals surface area contributed by atoms with Crippen molar-refractivity contribution in [2.24, 2.45) is 0 Å². The smallest absolute Gasteiger partial charge is 0.397 e. The predicted octanol–water partition coefficient (Wildman–Crippen LogP) is 0.987. The first-order valence-electron chi connectivity index (χ1n) is 6.11. The number of hydrogen-bond donors (Lipinski definition) is 0. The van der Waals surface area contributed by atoms with Crippen LogP contribution in [0.2, 0.25) is 0 Å². The first kappa shape index (κ1) is 12.6. The molecule has 1 fully saturated rings. The van der Waals surface area contributed by atoms with E-state index in [9.17, 15) is 0 Å². The zero-order valence-electron chi connectivity index (χ0n) is 11.2. The van der Waals surface area contributed by atoms with E-state index in [0.29, 0.717) is 0 Å². The Morgan fingerprint density at radius 2 is 1.82 bits per heavy atom. The van der Waals surface area contributed by atoms with Crippen LogP contribution < -0.4 is 5.72 Å². The topological polar surface area (TPSA) is 49.2 Å². The van der Waals surface area contributed by atoms with Crippen LogP contribution >= 0.6 is 0 Å². The summed E-state index contributed by atoms with van der Waals surface area (Å²) in [6.45, 7) is 11.1. The van der Waals surface area contributed by atoms with Crippen molar-refractivity contribution in [3.63, 3.8) is 0 Å². The number of nitrogens with zero attached hydrogens (tertiary/aromatic N) is 3. The van der Waals surface area contributed by atoms with Crippen molar-refractivity contribution < 1.29 is 9.31 Å². The van der Waals surface area contributed by atoms with Gasteiger partial charge in [-0.15, -0.1) is 0 Å². The van der Waals surface area contributed by atoms with Gasteiger partial charge in [-0.25, -0.2) is 4.98 Å². The fourth-order valence-corrected chi connectivity index (χ4v) is 1.79. The van der Waals surface area contributed by atoms with Gasteiger partial charge >= 0.3 is 7.12 Å². The van der Waals surface area contributed by atoms with Crippen LogP contribution in [0.1, 0.15) is 41.0 Å². The molecule has 0 saturated carbocycles. The summed E-state index contributed by atoms with van der Waals surface area (Å²) in [6, 6.07) is 0. The molecular formula is C11H20BN3O2. The maximum atomic E-state index is 5.95. The maximum Gasteiger partial charge on any atom is 0.534 e. The lowest BCUT2D eigenvalue weighted by Crippen LogP contribution is -2.41. The summed E-state index contributed by atoms with van der Waals surface area (Å²) in [5, 5.41) is 4.19. The van der Waals surface area contributed by atoms with Gasteiger partial charge in [0.15, 0.2) is 5.72 Å². The van der Waals surface area contributed by atoms with Crippen molar-refractivity contribution >= 4 is 12.8 Å². The highest BCUT2D eigenvalue weighted by molar-refractivity contribution is 6.60. The van der Waals surface area contributed by atoms with E-state index in [0.717, 1.165) is 18.7 Å². The Balaban J connectivity index is 2.23. The molecule has 1 aliphatic heterocycles. The Hall–Kier alpha value is -0.875. The van der Waals surface area contributed by atoms with Gasteiger partial charge in [-0.3, -0.25) is 4.68 Å². The monoisotopic (exact) mass is 237 g/mol. The third kappa shape index (κ3) is 2.11. The van der Waals surface area contributed by atoms with Gasteiger partial charge in [0.05, 0.1) is 11.2 Å². The van der Waals surface area contributed by atoms with E-state index < -0.39 is 7.12 Å². The second-order valence-corrected chi connectivity index (χ2v) is 5.43. The Bertz CT molecular complexity index is 387. The Morgan fingerprint density at radius 1 is 1.24 bits per heavy atom. The van der Waals surface area contributed by atoms with Crippen LogP contribution in [0.25, 0.3) is 0 Å². The molecule has 0 aliphatic carbocycles. The third-order valence-electron chi connectivity index (χ3n) is 3.54. The van der Waals surface area contributed by atoms with Crippen molar-refractivity contribution in [2.75, 3.05) is 0 Å². The van der Waals surface area contributed by atoms with Gasteiger partial charge in [0.2, 0.25) is 0 Å². The van der Waals surface area contributed by atoms with Gasteiger partial charge in [-0.05, 0) is 34.1 Å². The summed E-state index contributed by atoms with van der Waals surface area (Å²) >= 11 is 0. The number of hydrogen-bond acceptors (Lipinski definition) is 4. The molecule has 5 nitrogen and oxygen atoms in total. The average molecular weight is 237 g/mol. The van der Waals surface area contributed by atoms with Crippen molar-refractivity contribution in [3.8, 4) is 0 Å². The van der Waals surface area contributed by atoms with Crippen LogP contribution in [-0.4, -0.2) is 33.1 Å². The molecule has 0 N–H and O–H groups in total. The Labute approximate surface area is 103 Å². The van der Waals surface area contributed by atoms with E-state index in [1.165, 1.54) is 0 Å².